The van der Waals surface area contributed by atoms with Gasteiger partial charge in [-0.05, 0) is 62.7 Å². The van der Waals surface area contributed by atoms with Gasteiger partial charge in [-0.25, -0.2) is 0 Å². The van der Waals surface area contributed by atoms with E-state index in [0.29, 0.717) is 23.9 Å². The van der Waals surface area contributed by atoms with Crippen molar-refractivity contribution >= 4 is 0 Å². The second-order valence-electron chi connectivity index (χ2n) is 9.92. The highest BCUT2D eigenvalue weighted by Gasteiger charge is 2.76. The maximum Gasteiger partial charge on any atom is 0.130 e. The molecule has 0 aromatic rings. The van der Waals surface area contributed by atoms with Crippen molar-refractivity contribution in [3.63, 3.8) is 0 Å². The number of aliphatic hydroxyl groups excluding tert-OH is 1. The van der Waals surface area contributed by atoms with Crippen LogP contribution in [0.15, 0.2) is 0 Å². The van der Waals surface area contributed by atoms with Crippen molar-refractivity contribution in [3.8, 4) is 12.3 Å². The molecule has 0 bridgehead atoms. The first-order chi connectivity index (χ1) is 11.3. The molecule has 1 heterocycles. The second kappa shape index (κ2) is 4.40. The molecule has 5 fully saturated rings. The van der Waals surface area contributed by atoms with Crippen molar-refractivity contribution in [1.82, 2.24) is 0 Å². The quantitative estimate of drug-likeness (QED) is 0.530. The highest BCUT2D eigenvalue weighted by molar-refractivity contribution is 5.28. The van der Waals surface area contributed by atoms with Crippen LogP contribution in [0.1, 0.15) is 65.2 Å². The van der Waals surface area contributed by atoms with Crippen molar-refractivity contribution in [3.05, 3.63) is 0 Å². The molecular formula is C21H30O3. The average Bonchev–Trinajstić information content (AvgIpc) is 3.17. The predicted molar refractivity (Wildman–Crippen MR) is 91.0 cm³/mol. The van der Waals surface area contributed by atoms with Crippen molar-refractivity contribution in [2.24, 2.45) is 28.6 Å². The lowest BCUT2D eigenvalue weighted by atomic mass is 9.44. The molecule has 24 heavy (non-hydrogen) atoms. The topological polar surface area (TPSA) is 53.0 Å². The summed E-state index contributed by atoms with van der Waals surface area (Å²) < 4.78 is 6.33. The highest BCUT2D eigenvalue weighted by atomic mass is 16.6. The zero-order valence-corrected chi connectivity index (χ0v) is 14.9. The number of ether oxygens (including phenoxy) is 1. The van der Waals surface area contributed by atoms with E-state index in [1.165, 1.54) is 0 Å². The zero-order valence-electron chi connectivity index (χ0n) is 14.9. The van der Waals surface area contributed by atoms with Crippen molar-refractivity contribution in [1.29, 1.82) is 0 Å². The minimum atomic E-state index is -0.925. The minimum absolute atomic E-state index is 0.0550. The van der Waals surface area contributed by atoms with Crippen LogP contribution >= 0.6 is 0 Å². The standard InChI is InChI=1S/C21H30O3/c1-4-20(23)10-7-15-14-11-17-21(24-17)12-13(22)5-8-19(21,3)16(14)6-9-18(15,20)2/h1,13-17,22-23H,5-12H2,2-3H3/t13?,14?,15?,16?,17-,18-,19+,20-,21-/m0/s1. The maximum absolute atomic E-state index is 11.1. The molecule has 132 valence electrons. The lowest BCUT2D eigenvalue weighted by molar-refractivity contribution is -0.133. The molecule has 2 N–H and O–H groups in total. The van der Waals surface area contributed by atoms with Crippen LogP contribution in [0.2, 0.25) is 0 Å². The van der Waals surface area contributed by atoms with Crippen LogP contribution in [0.5, 0.6) is 0 Å². The number of hydrogen-bond donors (Lipinski definition) is 2. The van der Waals surface area contributed by atoms with E-state index in [1.54, 1.807) is 0 Å². The molecule has 1 saturated heterocycles. The van der Waals surface area contributed by atoms with E-state index >= 15 is 0 Å². The van der Waals surface area contributed by atoms with E-state index in [0.717, 1.165) is 51.4 Å². The molecule has 3 heteroatoms. The first kappa shape index (κ1) is 15.7. The Morgan fingerprint density at radius 1 is 1.04 bits per heavy atom. The fourth-order valence-corrected chi connectivity index (χ4v) is 7.91. The lowest BCUT2D eigenvalue weighted by Crippen LogP contribution is -2.60. The summed E-state index contributed by atoms with van der Waals surface area (Å²) in [6.45, 7) is 4.67. The van der Waals surface area contributed by atoms with Gasteiger partial charge in [0, 0.05) is 17.3 Å². The van der Waals surface area contributed by atoms with E-state index in [9.17, 15) is 10.2 Å². The van der Waals surface area contributed by atoms with Gasteiger partial charge in [-0.1, -0.05) is 19.8 Å². The summed E-state index contributed by atoms with van der Waals surface area (Å²) in [5.41, 5.74) is -0.924. The Balaban J connectivity index is 1.52. The molecule has 4 aliphatic carbocycles. The molecular weight excluding hydrogens is 300 g/mol. The Bertz CT molecular complexity index is 625. The summed E-state index contributed by atoms with van der Waals surface area (Å²) in [6.07, 6.45) is 13.8. The first-order valence-electron chi connectivity index (χ1n) is 9.86. The number of rotatable bonds is 0. The molecule has 3 nitrogen and oxygen atoms in total. The van der Waals surface area contributed by atoms with E-state index in [2.05, 4.69) is 19.8 Å². The van der Waals surface area contributed by atoms with Crippen LogP contribution in [0.3, 0.4) is 0 Å². The van der Waals surface area contributed by atoms with Crippen molar-refractivity contribution in [2.45, 2.75) is 88.6 Å². The number of aliphatic hydroxyl groups is 2. The zero-order chi connectivity index (χ0) is 17.0. The van der Waals surface area contributed by atoms with Gasteiger partial charge in [-0.3, -0.25) is 0 Å². The number of epoxide rings is 1. The molecule has 4 unspecified atom stereocenters. The molecule has 1 aliphatic heterocycles. The molecule has 0 aromatic heterocycles. The highest BCUT2D eigenvalue weighted by Crippen LogP contribution is 2.74. The van der Waals surface area contributed by atoms with Crippen LogP contribution in [0.4, 0.5) is 0 Å². The normalized spacial score (nSPS) is 64.2. The van der Waals surface area contributed by atoms with Gasteiger partial charge in [-0.2, -0.15) is 0 Å². The SMILES string of the molecule is C#C[C@]1(O)CCC2C3C[C@@H]4O[C@@]45CC(O)CC[C@]5(C)C3CC[C@@]21C. The Hall–Kier alpha value is -0.560. The molecule has 1 spiro atoms. The van der Waals surface area contributed by atoms with Crippen LogP contribution in [-0.4, -0.2) is 33.6 Å². The Kier molecular flexibility index (Phi) is 2.87. The number of hydrogen-bond acceptors (Lipinski definition) is 3. The van der Waals surface area contributed by atoms with Gasteiger partial charge in [0.05, 0.1) is 12.2 Å². The van der Waals surface area contributed by atoms with Crippen LogP contribution < -0.4 is 0 Å². The first-order valence-corrected chi connectivity index (χ1v) is 9.86. The van der Waals surface area contributed by atoms with Crippen LogP contribution in [0, 0.1) is 40.9 Å². The van der Waals surface area contributed by atoms with Gasteiger partial charge >= 0.3 is 0 Å². The molecule has 0 aromatic carbocycles. The van der Waals surface area contributed by atoms with Gasteiger partial charge in [0.25, 0.3) is 0 Å². The Labute approximate surface area is 145 Å². The minimum Gasteiger partial charge on any atom is -0.393 e. The summed E-state index contributed by atoms with van der Waals surface area (Å²) in [7, 11) is 0. The summed E-state index contributed by atoms with van der Waals surface area (Å²) >= 11 is 0. The molecule has 0 amide bonds. The summed E-state index contributed by atoms with van der Waals surface area (Å²) in [6, 6.07) is 0. The maximum atomic E-state index is 11.1. The third-order valence-electron chi connectivity index (χ3n) is 9.45. The molecule has 5 aliphatic rings. The van der Waals surface area contributed by atoms with Gasteiger partial charge in [0.15, 0.2) is 0 Å². The monoisotopic (exact) mass is 330 g/mol. The van der Waals surface area contributed by atoms with Crippen molar-refractivity contribution < 1.29 is 14.9 Å². The van der Waals surface area contributed by atoms with Crippen molar-refractivity contribution in [2.75, 3.05) is 0 Å². The van der Waals surface area contributed by atoms with E-state index in [1.807, 2.05) is 0 Å². The second-order valence-corrected chi connectivity index (χ2v) is 9.92. The van der Waals surface area contributed by atoms with Gasteiger partial charge in [0.2, 0.25) is 0 Å². The summed E-state index contributed by atoms with van der Waals surface area (Å²) in [5, 5.41) is 21.3. The third kappa shape index (κ3) is 1.53. The fraction of sp³-hybridized carbons (Fsp3) is 0.905. The third-order valence-corrected chi connectivity index (χ3v) is 9.45. The van der Waals surface area contributed by atoms with Gasteiger partial charge < -0.3 is 14.9 Å². The molecule has 5 rings (SSSR count). The number of terminal acetylenes is 1. The summed E-state index contributed by atoms with van der Waals surface area (Å²) in [4.78, 5) is 0. The van der Waals surface area contributed by atoms with E-state index < -0.39 is 5.60 Å². The lowest BCUT2D eigenvalue weighted by Gasteiger charge is -2.59. The number of fused-ring (bicyclic) bond motifs is 4. The Morgan fingerprint density at radius 2 is 1.71 bits per heavy atom. The largest absolute Gasteiger partial charge is 0.393 e. The van der Waals surface area contributed by atoms with Gasteiger partial charge in [-0.15, -0.1) is 6.42 Å². The molecule has 0 radical (unpaired) electrons. The van der Waals surface area contributed by atoms with Crippen LogP contribution in [-0.2, 0) is 4.74 Å². The van der Waals surface area contributed by atoms with Crippen LogP contribution in [0.25, 0.3) is 0 Å². The molecule has 4 saturated carbocycles. The molecule has 9 atom stereocenters. The summed E-state index contributed by atoms with van der Waals surface area (Å²) in [5.74, 6) is 4.55. The van der Waals surface area contributed by atoms with E-state index in [4.69, 9.17) is 11.2 Å². The van der Waals surface area contributed by atoms with E-state index in [-0.39, 0.29) is 22.5 Å². The average molecular weight is 330 g/mol. The predicted octanol–water partition coefficient (Wildman–Crippen LogP) is 2.89. The smallest absolute Gasteiger partial charge is 0.130 e. The van der Waals surface area contributed by atoms with Gasteiger partial charge in [0.1, 0.15) is 11.2 Å². The fourth-order valence-electron chi connectivity index (χ4n) is 7.91. The Morgan fingerprint density at radius 3 is 2.46 bits per heavy atom.